The van der Waals surface area contributed by atoms with Gasteiger partial charge >= 0.3 is 0 Å². The fraction of sp³-hybridized carbons (Fsp3) is 0.0667. The van der Waals surface area contributed by atoms with Gasteiger partial charge in [-0.3, -0.25) is 15.1 Å². The van der Waals surface area contributed by atoms with Crippen LogP contribution >= 0.6 is 11.6 Å². The summed E-state index contributed by atoms with van der Waals surface area (Å²) in [4.78, 5) is 14.3. The summed E-state index contributed by atoms with van der Waals surface area (Å²) < 4.78 is 0. The number of aliphatic imine (C=N–C) groups is 1. The molecule has 3 N–H and O–H groups in total. The smallest absolute Gasteiger partial charge is 0.288 e. The molecule has 0 spiro atoms. The van der Waals surface area contributed by atoms with E-state index in [0.29, 0.717) is 11.3 Å². The van der Waals surface area contributed by atoms with Crippen LogP contribution in [0.15, 0.2) is 58.6 Å². The first-order valence-electron chi connectivity index (χ1n) is 6.58. The highest BCUT2D eigenvalue weighted by molar-refractivity contribution is 6.33. The van der Waals surface area contributed by atoms with Crippen LogP contribution in [0.3, 0.4) is 0 Å². The summed E-state index contributed by atoms with van der Waals surface area (Å²) in [5.41, 5.74) is 9.78. The van der Waals surface area contributed by atoms with E-state index >= 15 is 0 Å². The van der Waals surface area contributed by atoms with Gasteiger partial charge in [0.25, 0.3) is 5.69 Å². The van der Waals surface area contributed by atoms with Gasteiger partial charge in [-0.15, -0.1) is 0 Å². The quantitative estimate of drug-likeness (QED) is 0.388. The molecule has 2 aromatic rings. The number of nitrogens with two attached hydrogens (primary N) is 1. The van der Waals surface area contributed by atoms with Gasteiger partial charge in [-0.05, 0) is 6.07 Å². The van der Waals surface area contributed by atoms with Crippen LogP contribution in [0.1, 0.15) is 11.1 Å². The SMILES string of the molecule is CN=C(N)NN=C(c1ccccc1)c1ccc(Cl)c([N+](=O)[O-])c1. The number of hydrogen-bond acceptors (Lipinski definition) is 4. The predicted molar refractivity (Wildman–Crippen MR) is 90.9 cm³/mol. The third-order valence-corrected chi connectivity index (χ3v) is 3.31. The molecule has 7 nitrogen and oxygen atoms in total. The highest BCUT2D eigenvalue weighted by atomic mass is 35.5. The molecule has 0 aliphatic heterocycles. The minimum absolute atomic E-state index is 0.0637. The second-order valence-electron chi connectivity index (χ2n) is 4.47. The van der Waals surface area contributed by atoms with E-state index in [9.17, 15) is 10.1 Å². The van der Waals surface area contributed by atoms with E-state index in [-0.39, 0.29) is 16.7 Å². The average Bonchev–Trinajstić information content (AvgIpc) is 2.56. The van der Waals surface area contributed by atoms with Crippen molar-refractivity contribution >= 4 is 29.0 Å². The summed E-state index contributed by atoms with van der Waals surface area (Å²) in [6, 6.07) is 13.7. The van der Waals surface area contributed by atoms with Crippen molar-refractivity contribution in [3.05, 3.63) is 74.8 Å². The number of rotatable bonds is 4. The largest absolute Gasteiger partial charge is 0.369 e. The van der Waals surface area contributed by atoms with E-state index in [1.165, 1.54) is 19.2 Å². The van der Waals surface area contributed by atoms with Crippen molar-refractivity contribution in [2.75, 3.05) is 7.05 Å². The number of halogens is 1. The third-order valence-electron chi connectivity index (χ3n) is 2.99. The maximum Gasteiger partial charge on any atom is 0.288 e. The monoisotopic (exact) mass is 331 g/mol. The fourth-order valence-corrected chi connectivity index (χ4v) is 2.04. The van der Waals surface area contributed by atoms with Crippen LogP contribution in [-0.4, -0.2) is 23.6 Å². The Hall–Kier alpha value is -2.93. The summed E-state index contributed by atoms with van der Waals surface area (Å²) in [7, 11) is 1.52. The van der Waals surface area contributed by atoms with Gasteiger partial charge in [-0.25, -0.2) is 5.43 Å². The van der Waals surface area contributed by atoms with Crippen molar-refractivity contribution in [2.45, 2.75) is 0 Å². The van der Waals surface area contributed by atoms with Crippen molar-refractivity contribution in [1.29, 1.82) is 0 Å². The molecule has 2 aromatic carbocycles. The van der Waals surface area contributed by atoms with Gasteiger partial charge in [0, 0.05) is 24.2 Å². The lowest BCUT2D eigenvalue weighted by Crippen LogP contribution is -2.28. The minimum Gasteiger partial charge on any atom is -0.369 e. The molecule has 0 heterocycles. The zero-order valence-corrected chi connectivity index (χ0v) is 13.0. The molecule has 0 saturated carbocycles. The number of nitrogens with zero attached hydrogens (tertiary/aromatic N) is 3. The maximum atomic E-state index is 11.1. The highest BCUT2D eigenvalue weighted by Gasteiger charge is 2.16. The zero-order valence-electron chi connectivity index (χ0n) is 12.2. The van der Waals surface area contributed by atoms with Gasteiger partial charge in [-0.1, -0.05) is 48.0 Å². The lowest BCUT2D eigenvalue weighted by molar-refractivity contribution is -0.384. The first kappa shape index (κ1) is 16.4. The Labute approximate surface area is 137 Å². The second-order valence-corrected chi connectivity index (χ2v) is 4.88. The minimum atomic E-state index is -0.538. The van der Waals surface area contributed by atoms with Crippen molar-refractivity contribution in [2.24, 2.45) is 15.8 Å². The molecule has 0 unspecified atom stereocenters. The fourth-order valence-electron chi connectivity index (χ4n) is 1.85. The Morgan fingerprint density at radius 1 is 1.22 bits per heavy atom. The van der Waals surface area contributed by atoms with Gasteiger partial charge in [-0.2, -0.15) is 5.10 Å². The van der Waals surface area contributed by atoms with Crippen LogP contribution < -0.4 is 11.2 Å². The van der Waals surface area contributed by atoms with E-state index in [1.807, 2.05) is 30.3 Å². The number of hydrazone groups is 1. The van der Waals surface area contributed by atoms with Gasteiger partial charge in [0.1, 0.15) is 5.02 Å². The van der Waals surface area contributed by atoms with Crippen LogP contribution in [0.2, 0.25) is 5.02 Å². The molecule has 0 bridgehead atoms. The van der Waals surface area contributed by atoms with E-state index in [4.69, 9.17) is 17.3 Å². The summed E-state index contributed by atoms with van der Waals surface area (Å²) >= 11 is 5.86. The average molecular weight is 332 g/mol. The highest BCUT2D eigenvalue weighted by Crippen LogP contribution is 2.26. The molecular formula is C15H14ClN5O2. The molecular weight excluding hydrogens is 318 g/mol. The zero-order chi connectivity index (χ0) is 16.8. The number of nitro benzene ring substituents is 1. The van der Waals surface area contributed by atoms with Crippen LogP contribution in [-0.2, 0) is 0 Å². The Morgan fingerprint density at radius 3 is 2.52 bits per heavy atom. The summed E-state index contributed by atoms with van der Waals surface area (Å²) in [5, 5.41) is 15.3. The lowest BCUT2D eigenvalue weighted by Gasteiger charge is -2.08. The first-order chi connectivity index (χ1) is 11.0. The van der Waals surface area contributed by atoms with Crippen LogP contribution in [0.4, 0.5) is 5.69 Å². The Bertz CT molecular complexity index is 775. The van der Waals surface area contributed by atoms with E-state index < -0.39 is 4.92 Å². The normalized spacial score (nSPS) is 12.1. The molecule has 0 amide bonds. The molecule has 2 rings (SSSR count). The Morgan fingerprint density at radius 2 is 1.91 bits per heavy atom. The molecule has 0 atom stereocenters. The summed E-state index contributed by atoms with van der Waals surface area (Å²) in [6.07, 6.45) is 0. The number of guanidine groups is 1. The van der Waals surface area contributed by atoms with E-state index in [2.05, 4.69) is 15.5 Å². The van der Waals surface area contributed by atoms with E-state index in [1.54, 1.807) is 6.07 Å². The Balaban J connectivity index is 2.54. The molecule has 0 aromatic heterocycles. The van der Waals surface area contributed by atoms with Gasteiger partial charge in [0.2, 0.25) is 5.96 Å². The van der Waals surface area contributed by atoms with Crippen LogP contribution in [0.25, 0.3) is 0 Å². The summed E-state index contributed by atoms with van der Waals surface area (Å²) in [5.74, 6) is 0.127. The lowest BCUT2D eigenvalue weighted by atomic mass is 10.0. The number of benzene rings is 2. The maximum absolute atomic E-state index is 11.1. The molecule has 0 saturated heterocycles. The van der Waals surface area contributed by atoms with Gasteiger partial charge in [0.15, 0.2) is 0 Å². The van der Waals surface area contributed by atoms with Crippen molar-refractivity contribution in [1.82, 2.24) is 5.43 Å². The van der Waals surface area contributed by atoms with Crippen molar-refractivity contribution in [3.8, 4) is 0 Å². The first-order valence-corrected chi connectivity index (χ1v) is 6.96. The number of nitro groups is 1. The van der Waals surface area contributed by atoms with Crippen LogP contribution in [0, 0.1) is 10.1 Å². The van der Waals surface area contributed by atoms with Gasteiger partial charge < -0.3 is 5.73 Å². The van der Waals surface area contributed by atoms with Crippen molar-refractivity contribution < 1.29 is 4.92 Å². The number of nitrogens with one attached hydrogen (secondary N) is 1. The molecule has 0 fully saturated rings. The number of hydrogen-bond donors (Lipinski definition) is 2. The standard InChI is InChI=1S/C15H14ClN5O2/c1-18-15(17)20-19-14(10-5-3-2-4-6-10)11-7-8-12(16)13(9-11)21(22)23/h2-9H,1H3,(H3,17,18,20). The van der Waals surface area contributed by atoms with Crippen molar-refractivity contribution in [3.63, 3.8) is 0 Å². The third kappa shape index (κ3) is 4.04. The molecule has 0 aliphatic rings. The second kappa shape index (κ2) is 7.37. The topological polar surface area (TPSA) is 106 Å². The van der Waals surface area contributed by atoms with Gasteiger partial charge in [0.05, 0.1) is 10.6 Å². The summed E-state index contributed by atoms with van der Waals surface area (Å²) in [6.45, 7) is 0. The Kier molecular flexibility index (Phi) is 5.27. The molecule has 0 aliphatic carbocycles. The molecule has 0 radical (unpaired) electrons. The molecule has 8 heteroatoms. The molecule has 118 valence electrons. The predicted octanol–water partition coefficient (Wildman–Crippen LogP) is 2.53. The van der Waals surface area contributed by atoms with E-state index in [0.717, 1.165) is 5.56 Å². The molecule has 23 heavy (non-hydrogen) atoms. The van der Waals surface area contributed by atoms with Crippen LogP contribution in [0.5, 0.6) is 0 Å².